The third-order valence-corrected chi connectivity index (χ3v) is 17.7. The van der Waals surface area contributed by atoms with Crippen LogP contribution in [0.15, 0.2) is 46.0 Å². The highest BCUT2D eigenvalue weighted by atomic mass is 16.2. The van der Waals surface area contributed by atoms with Crippen LogP contribution in [0, 0.1) is 0 Å². The van der Waals surface area contributed by atoms with Gasteiger partial charge in [-0.3, -0.25) is 14.2 Å². The monoisotopic (exact) mass is 909 g/mol. The maximum Gasteiger partial charge on any atom is 0.261 e. The number of likely N-dealkylation sites (N-methyl/N-ethyl adjacent to an activating group) is 2. The van der Waals surface area contributed by atoms with E-state index in [1.807, 2.05) is 0 Å². The van der Waals surface area contributed by atoms with Gasteiger partial charge in [0.15, 0.2) is 0 Å². The molecule has 13 rings (SSSR count). The number of nitrogens with zero attached hydrogens (tertiary/aromatic N) is 8. The zero-order chi connectivity index (χ0) is 45.9. The quantitative estimate of drug-likeness (QED) is 0.104. The number of benzene rings is 7. The molecule has 0 atom stereocenters. The predicted octanol–water partition coefficient (Wildman–Crippen LogP) is 6.36. The van der Waals surface area contributed by atoms with Crippen LogP contribution in [-0.2, 0) is 25.9 Å². The molecule has 4 fully saturated rings. The fourth-order valence-electron chi connectivity index (χ4n) is 13.7. The molecule has 0 N–H and O–H groups in total. The summed E-state index contributed by atoms with van der Waals surface area (Å²) in [7, 11) is 4.45. The van der Waals surface area contributed by atoms with E-state index >= 15 is 9.59 Å². The molecule has 0 spiro atoms. The SMILES string of the molecule is C=c1c2cc3cc(CCN4CCN(C)CC4)c4cc5c(=O)n(CCN6CCCCC6)c(=O)c6cc7cc(CCN8CCN(C)CC8)c8cc(c(=C)n1CCN1CCCCC1)c2c1c3c4c(c65)c7c81. The highest BCUT2D eigenvalue weighted by Crippen LogP contribution is 2.52. The molecule has 0 amide bonds. The van der Waals surface area contributed by atoms with Crippen molar-refractivity contribution >= 4 is 99.3 Å². The molecule has 0 aliphatic carbocycles. The fourth-order valence-corrected chi connectivity index (χ4v) is 13.7. The third kappa shape index (κ3) is 6.87. The number of piperidine rings is 2. The molecule has 9 aromatic rings. The number of piperazine rings is 2. The van der Waals surface area contributed by atoms with Crippen molar-refractivity contribution in [3.8, 4) is 0 Å². The first kappa shape index (κ1) is 43.1. The summed E-state index contributed by atoms with van der Waals surface area (Å²) in [5.74, 6) is 0. The predicted molar refractivity (Wildman–Crippen MR) is 286 cm³/mol. The Morgan fingerprint density at radius 2 is 0.765 bits per heavy atom. The van der Waals surface area contributed by atoms with Crippen LogP contribution in [0.4, 0.5) is 0 Å². The van der Waals surface area contributed by atoms with E-state index in [9.17, 15) is 0 Å². The van der Waals surface area contributed by atoms with E-state index in [-0.39, 0.29) is 11.1 Å². The lowest BCUT2D eigenvalue weighted by atomic mass is 9.77. The van der Waals surface area contributed by atoms with Gasteiger partial charge in [-0.1, -0.05) is 38.1 Å². The largest absolute Gasteiger partial charge is 0.340 e. The van der Waals surface area contributed by atoms with Crippen molar-refractivity contribution in [3.05, 3.63) is 78.9 Å². The molecule has 6 heterocycles. The molecule has 0 radical (unpaired) electrons. The van der Waals surface area contributed by atoms with E-state index < -0.39 is 0 Å². The number of pyridine rings is 2. The molecular weight excluding hydrogens is 841 g/mol. The van der Waals surface area contributed by atoms with Crippen molar-refractivity contribution in [2.75, 3.05) is 119 Å². The van der Waals surface area contributed by atoms with Crippen molar-refractivity contribution in [2.24, 2.45) is 0 Å². The molecule has 0 unspecified atom stereocenters. The molecular formula is C58H68N8O2. The number of rotatable bonds is 12. The lowest BCUT2D eigenvalue weighted by molar-refractivity contribution is 0.155. The van der Waals surface area contributed by atoms with Crippen LogP contribution in [-0.4, -0.2) is 157 Å². The molecule has 68 heavy (non-hydrogen) atoms. The van der Waals surface area contributed by atoms with Crippen molar-refractivity contribution < 1.29 is 0 Å². The third-order valence-electron chi connectivity index (χ3n) is 17.7. The van der Waals surface area contributed by atoms with E-state index in [4.69, 9.17) is 13.2 Å². The van der Waals surface area contributed by atoms with Gasteiger partial charge in [-0.15, -0.1) is 0 Å². The number of likely N-dealkylation sites (tertiary alicyclic amines) is 2. The standard InChI is InChI=1S/C58H68N8O2/c1-37-43-33-41-31-40(12-18-64-25-21-60(4)22-26-64)46-36-48-52-47(57(67)66(58(48)68)30-28-62-15-9-6-10-16-62)34-42-32-39(11-17-63-23-19-59(3)20-24-63)45-35-44(38(2)65(37)29-27-61-13-7-5-8-14-61)51(43)55-49(41)54(46)56(52)50(42)53(45)55/h31-36H,1-2,5-30H2,3-4H3. The molecule has 2 aromatic heterocycles. The summed E-state index contributed by atoms with van der Waals surface area (Å²) in [6.45, 7) is 27.7. The topological polar surface area (TPSA) is 63.4 Å². The Kier molecular flexibility index (Phi) is 10.7. The number of aromatic nitrogens is 2. The van der Waals surface area contributed by atoms with Crippen LogP contribution in [0.5, 0.6) is 0 Å². The molecule has 10 nitrogen and oxygen atoms in total. The molecule has 10 heteroatoms. The second-order valence-electron chi connectivity index (χ2n) is 21.7. The van der Waals surface area contributed by atoms with Gasteiger partial charge in [-0.2, -0.15) is 0 Å². The zero-order valence-electron chi connectivity index (χ0n) is 40.7. The van der Waals surface area contributed by atoms with Gasteiger partial charge in [0, 0.05) is 140 Å². The van der Waals surface area contributed by atoms with Gasteiger partial charge in [0.2, 0.25) is 0 Å². The number of hydrogen-bond donors (Lipinski definition) is 0. The second-order valence-corrected chi connectivity index (χ2v) is 21.7. The van der Waals surface area contributed by atoms with E-state index in [0.717, 1.165) is 151 Å². The van der Waals surface area contributed by atoms with Crippen molar-refractivity contribution in [3.63, 3.8) is 0 Å². The summed E-state index contributed by atoms with van der Waals surface area (Å²) in [4.78, 5) is 45.4. The maximum atomic E-state index is 15.2. The van der Waals surface area contributed by atoms with Crippen LogP contribution in [0.25, 0.3) is 99.3 Å². The van der Waals surface area contributed by atoms with Gasteiger partial charge in [0.25, 0.3) is 11.1 Å². The Hall–Kier alpha value is -4.94. The van der Waals surface area contributed by atoms with Gasteiger partial charge in [0.05, 0.1) is 0 Å². The summed E-state index contributed by atoms with van der Waals surface area (Å²) in [5, 5.41) is 20.2. The van der Waals surface area contributed by atoms with Crippen LogP contribution in [0.3, 0.4) is 0 Å². The van der Waals surface area contributed by atoms with Crippen molar-refractivity contribution in [1.29, 1.82) is 0 Å². The highest BCUT2D eigenvalue weighted by molar-refractivity contribution is 6.50. The van der Waals surface area contributed by atoms with Gasteiger partial charge in [-0.25, -0.2) is 0 Å². The van der Waals surface area contributed by atoms with Crippen LogP contribution in [0.2, 0.25) is 0 Å². The summed E-state index contributed by atoms with van der Waals surface area (Å²) >= 11 is 0. The average molecular weight is 909 g/mol. The molecule has 4 aliphatic heterocycles. The van der Waals surface area contributed by atoms with Gasteiger partial charge >= 0.3 is 0 Å². The van der Waals surface area contributed by atoms with Crippen molar-refractivity contribution in [1.82, 2.24) is 38.5 Å². The summed E-state index contributed by atoms with van der Waals surface area (Å²) < 4.78 is 4.02. The van der Waals surface area contributed by atoms with Crippen LogP contribution in [0.1, 0.15) is 49.7 Å². The van der Waals surface area contributed by atoms with Crippen molar-refractivity contribution in [2.45, 2.75) is 64.5 Å². The molecule has 0 bridgehead atoms. The van der Waals surface area contributed by atoms with Gasteiger partial charge in [0.1, 0.15) is 0 Å². The van der Waals surface area contributed by atoms with Gasteiger partial charge in [-0.05, 0) is 163 Å². The Bertz CT molecular complexity index is 3350. The molecule has 0 saturated carbocycles. The van der Waals surface area contributed by atoms with E-state index in [1.165, 1.54) is 109 Å². The smallest absolute Gasteiger partial charge is 0.261 e. The Morgan fingerprint density at radius 3 is 1.26 bits per heavy atom. The Labute approximate surface area is 398 Å². The lowest BCUT2D eigenvalue weighted by Crippen LogP contribution is -2.45. The van der Waals surface area contributed by atoms with E-state index in [0.29, 0.717) is 17.3 Å². The van der Waals surface area contributed by atoms with E-state index in [1.54, 1.807) is 4.57 Å². The van der Waals surface area contributed by atoms with Crippen LogP contribution < -0.4 is 21.8 Å². The molecule has 352 valence electrons. The Balaban J connectivity index is 1.11. The molecule has 4 saturated heterocycles. The normalized spacial score (nSPS) is 19.8. The first-order valence-corrected chi connectivity index (χ1v) is 26.3. The second kappa shape index (κ2) is 16.9. The first-order valence-electron chi connectivity index (χ1n) is 26.3. The summed E-state index contributed by atoms with van der Waals surface area (Å²) in [6.07, 6.45) is 9.28. The Morgan fingerprint density at radius 1 is 0.368 bits per heavy atom. The maximum absolute atomic E-state index is 15.2. The summed E-state index contributed by atoms with van der Waals surface area (Å²) in [5.41, 5.74) is 2.33. The minimum Gasteiger partial charge on any atom is -0.340 e. The zero-order valence-corrected chi connectivity index (χ0v) is 40.7. The fraction of sp³-hybridized carbons (Fsp3) is 0.483. The lowest BCUT2D eigenvalue weighted by Gasteiger charge is -2.33. The van der Waals surface area contributed by atoms with Crippen LogP contribution >= 0.6 is 0 Å². The minimum atomic E-state index is -0.143. The molecule has 4 aliphatic rings. The first-order chi connectivity index (χ1) is 33.2. The van der Waals surface area contributed by atoms with Gasteiger partial charge < -0.3 is 34.0 Å². The molecule has 7 aromatic carbocycles. The van der Waals surface area contributed by atoms with E-state index in [2.05, 4.69) is 84.5 Å². The number of hydrogen-bond acceptors (Lipinski definition) is 8. The average Bonchev–Trinajstić information content (AvgIpc) is 3.36. The minimum absolute atomic E-state index is 0.140. The summed E-state index contributed by atoms with van der Waals surface area (Å²) in [6, 6.07) is 14.2. The highest BCUT2D eigenvalue weighted by Gasteiger charge is 2.30.